The fourth-order valence-corrected chi connectivity index (χ4v) is 0. The van der Waals surface area contributed by atoms with Crippen molar-refractivity contribution in [3.05, 3.63) is 12.7 Å². The summed E-state index contributed by atoms with van der Waals surface area (Å²) in [7, 11) is 0. The van der Waals surface area contributed by atoms with Gasteiger partial charge in [-0.1, -0.05) is 42.4 Å². The second-order valence-corrected chi connectivity index (χ2v) is 1.17. The third-order valence-electron chi connectivity index (χ3n) is 0.109. The normalized spacial score (nSPS) is 4.17. The van der Waals surface area contributed by atoms with Crippen molar-refractivity contribution in [3.8, 4) is 0 Å². The van der Waals surface area contributed by atoms with Gasteiger partial charge in [0.1, 0.15) is 0 Å². The summed E-state index contributed by atoms with van der Waals surface area (Å²) in [6.45, 7) is 7.43. The van der Waals surface area contributed by atoms with Crippen LogP contribution in [0, 0.1) is 0 Å². The molecule has 72 valence electrons. The van der Waals surface area contributed by atoms with Gasteiger partial charge in [0, 0.05) is 42.6 Å². The summed E-state index contributed by atoms with van der Waals surface area (Å²) in [6.07, 6.45) is 1.79. The minimum atomic E-state index is 0. The molecule has 0 bridgehead atoms. The Labute approximate surface area is 99.6 Å². The first-order valence-corrected chi connectivity index (χ1v) is 10.0. The number of hydrogen-bond donors (Lipinski definition) is 0. The van der Waals surface area contributed by atoms with Crippen LogP contribution in [0.4, 0.5) is 4.39 Å². The summed E-state index contributed by atoms with van der Waals surface area (Å²) >= 11 is 7.37. The Kier molecular flexibility index (Phi) is 272. The van der Waals surface area contributed by atoms with E-state index in [4.69, 9.17) is 4.79 Å². The first-order valence-electron chi connectivity index (χ1n) is 2.62. The fourth-order valence-electron chi connectivity index (χ4n) is 0. The van der Waals surface area contributed by atoms with E-state index < -0.39 is 0 Å². The van der Waals surface area contributed by atoms with Crippen LogP contribution in [0.3, 0.4) is 0 Å². The molecule has 0 unspecified atom stereocenters. The summed E-state index contributed by atoms with van der Waals surface area (Å²) < 4.78 is 9.49. The zero-order valence-electron chi connectivity index (χ0n) is 7.12. The maximum atomic E-state index is 9.49. The summed E-state index contributed by atoms with van der Waals surface area (Å²) in [5.74, 6) is 0. The van der Waals surface area contributed by atoms with Crippen molar-refractivity contribution in [1.29, 1.82) is 0 Å². The molecule has 1 nitrogen and oxygen atoms in total. The SMILES string of the molecule is C=CCBr.CC.II.O=[C-]F.[Rf]. The van der Waals surface area contributed by atoms with E-state index in [0.29, 0.717) is 0 Å². The number of halogens is 4. The van der Waals surface area contributed by atoms with Crippen molar-refractivity contribution in [2.24, 2.45) is 0 Å². The largest absolute Gasteiger partial charge is 0.507 e. The molecule has 0 aromatic heterocycles. The average Bonchev–Trinajstić information content (AvgIpc) is 2.12. The van der Waals surface area contributed by atoms with Gasteiger partial charge >= 0.3 is 0 Å². The average molecular weight is 719 g/mol. The van der Waals surface area contributed by atoms with Gasteiger partial charge in [0.15, 0.2) is 0 Å². The number of carbonyl (C=O) groups excluding carboxylic acids is 1. The summed E-state index contributed by atoms with van der Waals surface area (Å²) in [4.78, 5) is 8.01. The van der Waals surface area contributed by atoms with Crippen LogP contribution in [-0.2, 0) is 4.79 Å². The molecule has 0 saturated carbocycles. The Morgan fingerprint density at radius 3 is 1.67 bits per heavy atom. The van der Waals surface area contributed by atoms with Gasteiger partial charge in [-0.05, 0) is 0 Å². The molecule has 0 aliphatic rings. The number of allylic oxidation sites excluding steroid dienone is 1. The van der Waals surface area contributed by atoms with Crippen LogP contribution in [0.15, 0.2) is 12.7 Å². The molecule has 0 spiro atoms. The van der Waals surface area contributed by atoms with E-state index in [2.05, 4.69) is 59.7 Å². The number of rotatable bonds is 1. The van der Waals surface area contributed by atoms with Crippen LogP contribution in [0.1, 0.15) is 13.8 Å². The van der Waals surface area contributed by atoms with Crippen molar-refractivity contribution in [2.75, 3.05) is 5.33 Å². The second kappa shape index (κ2) is 111. The van der Waals surface area contributed by atoms with Crippen molar-refractivity contribution in [1.82, 2.24) is 0 Å². The van der Waals surface area contributed by atoms with Gasteiger partial charge in [0.25, 0.3) is 0 Å². The molecule has 0 heterocycles. The molecule has 0 radical (unpaired) electrons. The molecule has 0 aliphatic heterocycles. The minimum absolute atomic E-state index is 0. The molecule has 0 atom stereocenters. The van der Waals surface area contributed by atoms with E-state index in [-0.39, 0.29) is 6.54 Å². The molecule has 0 rings (SSSR count). The molecule has 0 fully saturated rings. The molecule has 0 saturated heterocycles. The Balaban J connectivity index is -0.0000000186. The maximum absolute atomic E-state index is 9.49. The molecule has 0 aromatic rings. The van der Waals surface area contributed by atoms with Gasteiger partial charge in [0.05, 0.1) is 0 Å². The molecule has 12 heavy (non-hydrogen) atoms. The first kappa shape index (κ1) is 29.5. The van der Waals surface area contributed by atoms with Crippen molar-refractivity contribution in [2.45, 2.75) is 13.8 Å². The van der Waals surface area contributed by atoms with E-state index >= 15 is 0 Å². The van der Waals surface area contributed by atoms with Gasteiger partial charge in [-0.3, -0.25) is 0 Å². The quantitative estimate of drug-likeness (QED) is 0.129. The van der Waals surface area contributed by atoms with Crippen LogP contribution in [0.5, 0.6) is 0 Å². The van der Waals surface area contributed by atoms with Crippen molar-refractivity contribution in [3.63, 3.8) is 0 Å². The predicted molar refractivity (Wildman–Crippen MR) is 70.2 cm³/mol. The van der Waals surface area contributed by atoms with E-state index in [1.807, 2.05) is 13.8 Å². The van der Waals surface area contributed by atoms with Crippen LogP contribution in [0.25, 0.3) is 0 Å². The standard InChI is InChI=1S/C3H5Br.C2H6.CFO.I2.Rf/c1-2-3-4;1-2;2-1-3;1-2;/h2H,1,3H2;1-2H3;;;/q;;-1;;. The molecule has 0 N–H and O–H groups in total. The molecular weight excluding hydrogens is 708 g/mol. The Hall–Kier alpha value is 0.280. The summed E-state index contributed by atoms with van der Waals surface area (Å²) in [5, 5.41) is 0.896. The minimum Gasteiger partial charge on any atom is -0.507 e. The predicted octanol–water partition coefficient (Wildman–Crippen LogP) is 4.39. The van der Waals surface area contributed by atoms with E-state index in [1.54, 1.807) is 6.08 Å². The van der Waals surface area contributed by atoms with Crippen LogP contribution >= 0.6 is 53.2 Å². The summed E-state index contributed by atoms with van der Waals surface area (Å²) in [6, 6.07) is 0. The Bertz CT molecular complexity index is 60.8. The molecule has 0 amide bonds. The summed E-state index contributed by atoms with van der Waals surface area (Å²) in [5.41, 5.74) is 0. The Morgan fingerprint density at radius 2 is 1.67 bits per heavy atom. The van der Waals surface area contributed by atoms with Gasteiger partial charge in [-0.25, -0.2) is 0 Å². The number of alkyl halides is 1. The fraction of sp³-hybridized carbons (Fsp3) is 0.500. The van der Waals surface area contributed by atoms with Gasteiger partial charge < -0.3 is 9.18 Å². The number of hydrogen-bond acceptors (Lipinski definition) is 1. The smallest absolute Gasteiger partial charge is 0.0209 e. The van der Waals surface area contributed by atoms with Crippen LogP contribution in [-0.4, -0.2) is 11.9 Å². The van der Waals surface area contributed by atoms with Gasteiger partial charge in [0.2, 0.25) is 0 Å². The third kappa shape index (κ3) is 540. The molecule has 6 heteroatoms. The maximum Gasteiger partial charge on any atom is 0.0209 e. The van der Waals surface area contributed by atoms with E-state index in [0.717, 1.165) is 5.33 Å². The monoisotopic (exact) mass is 718 g/mol. The molecule has 0 aliphatic carbocycles. The molecular formula is C6H11BrFI2ORf-. The van der Waals surface area contributed by atoms with Crippen LogP contribution < -0.4 is 0 Å². The first-order chi connectivity index (χ1) is 5.33. The third-order valence-corrected chi connectivity index (χ3v) is 0.567. The zero-order chi connectivity index (χ0) is 10.1. The van der Waals surface area contributed by atoms with Gasteiger partial charge in [-0.15, -0.1) is 6.58 Å². The van der Waals surface area contributed by atoms with Crippen molar-refractivity contribution < 1.29 is 9.18 Å². The Morgan fingerprint density at radius 1 is 1.58 bits per heavy atom. The van der Waals surface area contributed by atoms with E-state index in [9.17, 15) is 4.39 Å². The van der Waals surface area contributed by atoms with E-state index in [1.165, 1.54) is 0 Å². The second-order valence-electron chi connectivity index (χ2n) is 0.520. The van der Waals surface area contributed by atoms with Crippen molar-refractivity contribution >= 4 is 59.7 Å². The van der Waals surface area contributed by atoms with Crippen LogP contribution in [0.2, 0.25) is 0 Å². The zero-order valence-corrected chi connectivity index (χ0v) is 19.4. The molecule has 0 aromatic carbocycles. The topological polar surface area (TPSA) is 17.1 Å². The van der Waals surface area contributed by atoms with Gasteiger partial charge in [-0.2, -0.15) is 0 Å².